The molecule has 2 heterocycles. The first-order valence-electron chi connectivity index (χ1n) is 6.38. The van der Waals surface area contributed by atoms with Crippen molar-refractivity contribution >= 4 is 15.9 Å². The Balaban J connectivity index is 2.18. The average molecular weight is 298 g/mol. The quantitative estimate of drug-likeness (QED) is 0.866. The summed E-state index contributed by atoms with van der Waals surface area (Å²) in [7, 11) is 0. The van der Waals surface area contributed by atoms with Crippen LogP contribution in [0.5, 0.6) is 0 Å². The lowest BCUT2D eigenvalue weighted by atomic mass is 10.0. The van der Waals surface area contributed by atoms with E-state index in [2.05, 4.69) is 44.1 Å². The van der Waals surface area contributed by atoms with Crippen LogP contribution in [0.15, 0.2) is 22.9 Å². The molecule has 0 amide bonds. The molecule has 1 aromatic heterocycles. The van der Waals surface area contributed by atoms with Gasteiger partial charge in [-0.1, -0.05) is 19.4 Å². The van der Waals surface area contributed by atoms with Crippen LogP contribution in [0.25, 0.3) is 0 Å². The van der Waals surface area contributed by atoms with Crippen LogP contribution in [0.4, 0.5) is 0 Å². The van der Waals surface area contributed by atoms with Crippen LogP contribution in [-0.2, 0) is 0 Å². The summed E-state index contributed by atoms with van der Waals surface area (Å²) in [4.78, 5) is 6.92. The highest BCUT2D eigenvalue weighted by molar-refractivity contribution is 9.10. The number of rotatable bonds is 4. The molecule has 94 valence electrons. The van der Waals surface area contributed by atoms with Crippen molar-refractivity contribution < 1.29 is 0 Å². The molecule has 0 radical (unpaired) electrons. The minimum absolute atomic E-state index is 0.505. The summed E-state index contributed by atoms with van der Waals surface area (Å²) in [5, 5.41) is 3.41. The normalized spacial score (nSPS) is 19.2. The highest BCUT2D eigenvalue weighted by atomic mass is 79.9. The Kier molecular flexibility index (Phi) is 4.95. The minimum atomic E-state index is 0.505. The molecule has 1 aliphatic heterocycles. The summed E-state index contributed by atoms with van der Waals surface area (Å²) < 4.78 is 0.997. The third kappa shape index (κ3) is 3.27. The number of aromatic nitrogens is 1. The molecule has 2 rings (SSSR count). The Bertz CT molecular complexity index is 350. The first-order valence-corrected chi connectivity index (χ1v) is 7.17. The molecular weight excluding hydrogens is 278 g/mol. The van der Waals surface area contributed by atoms with E-state index in [1.165, 1.54) is 18.4 Å². The van der Waals surface area contributed by atoms with Crippen molar-refractivity contribution in [1.29, 1.82) is 0 Å². The third-order valence-electron chi connectivity index (χ3n) is 3.30. The summed E-state index contributed by atoms with van der Waals surface area (Å²) in [6.07, 6.45) is 4.24. The molecule has 3 nitrogen and oxygen atoms in total. The van der Waals surface area contributed by atoms with Gasteiger partial charge in [-0.3, -0.25) is 4.90 Å². The fourth-order valence-electron chi connectivity index (χ4n) is 2.45. The molecule has 0 saturated carbocycles. The highest BCUT2D eigenvalue weighted by Gasteiger charge is 2.23. The summed E-state index contributed by atoms with van der Waals surface area (Å²) >= 11 is 3.58. The van der Waals surface area contributed by atoms with Crippen LogP contribution in [0, 0.1) is 0 Å². The van der Waals surface area contributed by atoms with E-state index in [1.807, 2.05) is 12.3 Å². The molecule has 0 unspecified atom stereocenters. The number of hydrogen-bond donors (Lipinski definition) is 1. The van der Waals surface area contributed by atoms with Crippen LogP contribution in [0.2, 0.25) is 0 Å². The molecular formula is C13H20BrN3. The van der Waals surface area contributed by atoms with Crippen molar-refractivity contribution in [2.45, 2.75) is 25.8 Å². The molecule has 1 fully saturated rings. The fraction of sp³-hybridized carbons (Fsp3) is 0.615. The summed E-state index contributed by atoms with van der Waals surface area (Å²) in [5.74, 6) is 0. The molecule has 1 aromatic rings. The monoisotopic (exact) mass is 297 g/mol. The Morgan fingerprint density at radius 1 is 1.47 bits per heavy atom. The van der Waals surface area contributed by atoms with Gasteiger partial charge in [-0.2, -0.15) is 0 Å². The van der Waals surface area contributed by atoms with E-state index in [1.54, 1.807) is 0 Å². The van der Waals surface area contributed by atoms with Crippen LogP contribution in [0.1, 0.15) is 31.4 Å². The topological polar surface area (TPSA) is 28.2 Å². The van der Waals surface area contributed by atoms with Gasteiger partial charge in [-0.25, -0.2) is 4.98 Å². The van der Waals surface area contributed by atoms with Crippen molar-refractivity contribution in [3.8, 4) is 0 Å². The summed E-state index contributed by atoms with van der Waals surface area (Å²) in [6, 6.07) is 4.73. The Morgan fingerprint density at radius 3 is 2.88 bits per heavy atom. The fourth-order valence-corrected chi connectivity index (χ4v) is 2.96. The van der Waals surface area contributed by atoms with Gasteiger partial charge in [0.1, 0.15) is 4.60 Å². The van der Waals surface area contributed by atoms with E-state index in [9.17, 15) is 0 Å². The highest BCUT2D eigenvalue weighted by Crippen LogP contribution is 2.30. The largest absolute Gasteiger partial charge is 0.314 e. The van der Waals surface area contributed by atoms with Gasteiger partial charge in [-0.05, 0) is 28.4 Å². The van der Waals surface area contributed by atoms with Gasteiger partial charge in [0.25, 0.3) is 0 Å². The lowest BCUT2D eigenvalue weighted by Gasteiger charge is -2.35. The van der Waals surface area contributed by atoms with E-state index < -0.39 is 0 Å². The average Bonchev–Trinajstić information content (AvgIpc) is 2.38. The number of nitrogens with one attached hydrogen (secondary N) is 1. The SMILES string of the molecule is CCC[C@@H](c1cccnc1Br)N1CCNCC1. The van der Waals surface area contributed by atoms with Gasteiger partial charge in [-0.15, -0.1) is 0 Å². The van der Waals surface area contributed by atoms with Crippen molar-refractivity contribution in [1.82, 2.24) is 15.2 Å². The number of pyridine rings is 1. The molecule has 1 aliphatic rings. The van der Waals surface area contributed by atoms with Gasteiger partial charge < -0.3 is 5.32 Å². The maximum Gasteiger partial charge on any atom is 0.110 e. The maximum absolute atomic E-state index is 4.35. The predicted molar refractivity (Wildman–Crippen MR) is 74.0 cm³/mol. The predicted octanol–water partition coefficient (Wildman–Crippen LogP) is 2.59. The van der Waals surface area contributed by atoms with Crippen LogP contribution in [0.3, 0.4) is 0 Å². The third-order valence-corrected chi connectivity index (χ3v) is 3.96. The van der Waals surface area contributed by atoms with Crippen molar-refractivity contribution in [3.63, 3.8) is 0 Å². The van der Waals surface area contributed by atoms with Gasteiger partial charge in [0.2, 0.25) is 0 Å². The molecule has 1 saturated heterocycles. The molecule has 1 N–H and O–H groups in total. The summed E-state index contributed by atoms with van der Waals surface area (Å²) in [5.41, 5.74) is 1.33. The van der Waals surface area contributed by atoms with Crippen molar-refractivity contribution in [2.24, 2.45) is 0 Å². The van der Waals surface area contributed by atoms with Crippen molar-refractivity contribution in [2.75, 3.05) is 26.2 Å². The van der Waals surface area contributed by atoms with E-state index in [0.717, 1.165) is 30.8 Å². The molecule has 0 aliphatic carbocycles. The van der Waals surface area contributed by atoms with Crippen LogP contribution >= 0.6 is 15.9 Å². The first kappa shape index (κ1) is 13.0. The zero-order chi connectivity index (χ0) is 12.1. The molecule has 0 aromatic carbocycles. The molecule has 0 bridgehead atoms. The number of hydrogen-bond acceptors (Lipinski definition) is 3. The van der Waals surface area contributed by atoms with Crippen molar-refractivity contribution in [3.05, 3.63) is 28.5 Å². The van der Waals surface area contributed by atoms with Gasteiger partial charge in [0.05, 0.1) is 0 Å². The Labute approximate surface area is 112 Å². The zero-order valence-electron chi connectivity index (χ0n) is 10.3. The minimum Gasteiger partial charge on any atom is -0.314 e. The standard InChI is InChI=1S/C13H20BrN3/c1-2-4-12(17-9-7-15-8-10-17)11-5-3-6-16-13(11)14/h3,5-6,12,15H,2,4,7-10H2,1H3/t12-/m0/s1. The van der Waals surface area contributed by atoms with E-state index in [4.69, 9.17) is 0 Å². The van der Waals surface area contributed by atoms with Crippen LogP contribution in [-0.4, -0.2) is 36.1 Å². The molecule has 17 heavy (non-hydrogen) atoms. The second kappa shape index (κ2) is 6.47. The van der Waals surface area contributed by atoms with Gasteiger partial charge >= 0.3 is 0 Å². The number of nitrogens with zero attached hydrogens (tertiary/aromatic N) is 2. The van der Waals surface area contributed by atoms with E-state index in [0.29, 0.717) is 6.04 Å². The van der Waals surface area contributed by atoms with Gasteiger partial charge in [0.15, 0.2) is 0 Å². The second-order valence-corrected chi connectivity index (χ2v) is 5.23. The number of piperazine rings is 1. The molecule has 4 heteroatoms. The zero-order valence-corrected chi connectivity index (χ0v) is 11.9. The molecule has 1 atom stereocenters. The lowest BCUT2D eigenvalue weighted by Crippen LogP contribution is -2.45. The first-order chi connectivity index (χ1) is 8.33. The number of halogens is 1. The Hall–Kier alpha value is -0.450. The van der Waals surface area contributed by atoms with Crippen LogP contribution < -0.4 is 5.32 Å². The Morgan fingerprint density at radius 2 is 2.24 bits per heavy atom. The van der Waals surface area contributed by atoms with E-state index in [-0.39, 0.29) is 0 Å². The molecule has 0 spiro atoms. The lowest BCUT2D eigenvalue weighted by molar-refractivity contribution is 0.164. The van der Waals surface area contributed by atoms with Gasteiger partial charge in [0, 0.05) is 44.0 Å². The summed E-state index contributed by atoms with van der Waals surface area (Å²) in [6.45, 7) is 6.70. The maximum atomic E-state index is 4.35. The second-order valence-electron chi connectivity index (χ2n) is 4.47. The van der Waals surface area contributed by atoms with E-state index >= 15 is 0 Å². The smallest absolute Gasteiger partial charge is 0.110 e.